The van der Waals surface area contributed by atoms with Gasteiger partial charge in [-0.2, -0.15) is 0 Å². The van der Waals surface area contributed by atoms with Crippen LogP contribution < -0.4 is 19.7 Å². The largest absolute Gasteiger partial charge is 0.454 e. The summed E-state index contributed by atoms with van der Waals surface area (Å²) in [7, 11) is 0. The zero-order chi connectivity index (χ0) is 24.8. The van der Waals surface area contributed by atoms with Crippen LogP contribution in [0.5, 0.6) is 11.5 Å². The van der Waals surface area contributed by atoms with Gasteiger partial charge in [0.15, 0.2) is 16.6 Å². The van der Waals surface area contributed by atoms with Gasteiger partial charge in [0.05, 0.1) is 5.69 Å². The molecule has 0 spiro atoms. The van der Waals surface area contributed by atoms with Gasteiger partial charge in [0.25, 0.3) is 11.8 Å². The van der Waals surface area contributed by atoms with E-state index in [9.17, 15) is 9.59 Å². The minimum Gasteiger partial charge on any atom is -0.454 e. The normalized spacial score (nSPS) is 13.6. The maximum absolute atomic E-state index is 13.1. The molecule has 36 heavy (non-hydrogen) atoms. The number of nitrogens with zero attached hydrogens (tertiary/aromatic N) is 2. The SMILES string of the molecule is Cc1ccc(C(=O)N2CCc3cc(-c4nc(NC(=O)c5ccc6c(c5)OCO6)sc4C)ccc32)cc1. The minimum atomic E-state index is -0.257. The van der Waals surface area contributed by atoms with Crippen LogP contribution in [0.4, 0.5) is 10.8 Å². The van der Waals surface area contributed by atoms with Crippen LogP contribution in [-0.2, 0) is 6.42 Å². The molecule has 0 bridgehead atoms. The van der Waals surface area contributed by atoms with Gasteiger partial charge in [-0.15, -0.1) is 11.3 Å². The second-order valence-corrected chi connectivity index (χ2v) is 10.1. The molecular formula is C28H23N3O4S. The fraction of sp³-hybridized carbons (Fsp3) is 0.179. The lowest BCUT2D eigenvalue weighted by Crippen LogP contribution is -2.28. The molecular weight excluding hydrogens is 474 g/mol. The van der Waals surface area contributed by atoms with Gasteiger partial charge in [-0.25, -0.2) is 4.98 Å². The van der Waals surface area contributed by atoms with E-state index in [2.05, 4.69) is 11.4 Å². The summed E-state index contributed by atoms with van der Waals surface area (Å²) in [6.07, 6.45) is 0.789. The van der Waals surface area contributed by atoms with E-state index in [0.717, 1.165) is 39.4 Å². The van der Waals surface area contributed by atoms with Crippen molar-refractivity contribution in [1.29, 1.82) is 0 Å². The topological polar surface area (TPSA) is 80.8 Å². The third-order valence-corrected chi connectivity index (χ3v) is 7.33. The number of thiazole rings is 1. The van der Waals surface area contributed by atoms with E-state index in [4.69, 9.17) is 14.5 Å². The summed E-state index contributed by atoms with van der Waals surface area (Å²) in [6, 6.07) is 18.9. The summed E-state index contributed by atoms with van der Waals surface area (Å²) in [6.45, 7) is 4.81. The molecule has 6 rings (SSSR count). The molecule has 3 aromatic carbocycles. The van der Waals surface area contributed by atoms with Crippen molar-refractivity contribution in [1.82, 2.24) is 4.98 Å². The van der Waals surface area contributed by atoms with Gasteiger partial charge in [-0.05, 0) is 68.3 Å². The molecule has 2 aliphatic heterocycles. The second-order valence-electron chi connectivity index (χ2n) is 8.86. The molecule has 7 nitrogen and oxygen atoms in total. The van der Waals surface area contributed by atoms with E-state index < -0.39 is 0 Å². The molecule has 0 atom stereocenters. The highest BCUT2D eigenvalue weighted by Gasteiger charge is 2.26. The summed E-state index contributed by atoms with van der Waals surface area (Å²) in [5, 5.41) is 3.43. The Morgan fingerprint density at radius 3 is 2.56 bits per heavy atom. The standard InChI is InChI=1S/C28H23N3O4S/c1-16-3-5-18(6-4-16)27(33)31-12-11-19-13-20(7-9-22(19)31)25-17(2)36-28(29-25)30-26(32)21-8-10-23-24(14-21)35-15-34-23/h3-10,13-14H,11-12,15H2,1-2H3,(H,29,30,32). The van der Waals surface area contributed by atoms with Crippen LogP contribution >= 0.6 is 11.3 Å². The molecule has 0 fully saturated rings. The Kier molecular flexibility index (Phi) is 5.45. The van der Waals surface area contributed by atoms with Gasteiger partial charge in [0.1, 0.15) is 0 Å². The van der Waals surface area contributed by atoms with Crippen molar-refractivity contribution < 1.29 is 19.1 Å². The molecule has 2 aliphatic rings. The zero-order valence-electron chi connectivity index (χ0n) is 19.8. The number of amides is 2. The molecule has 0 saturated carbocycles. The third kappa shape index (κ3) is 3.99. The predicted octanol–water partition coefficient (Wildman–Crippen LogP) is 5.61. The first-order chi connectivity index (χ1) is 17.5. The Hall–Kier alpha value is -4.17. The predicted molar refractivity (Wildman–Crippen MR) is 139 cm³/mol. The first-order valence-electron chi connectivity index (χ1n) is 11.7. The number of hydrogen-bond acceptors (Lipinski definition) is 6. The summed E-state index contributed by atoms with van der Waals surface area (Å²) in [5.41, 5.74) is 6.14. The van der Waals surface area contributed by atoms with Crippen molar-refractivity contribution in [3.05, 3.63) is 87.8 Å². The summed E-state index contributed by atoms with van der Waals surface area (Å²) >= 11 is 1.43. The fourth-order valence-electron chi connectivity index (χ4n) is 4.54. The average molecular weight is 498 g/mol. The first kappa shape index (κ1) is 22.3. The number of rotatable bonds is 4. The third-order valence-electron chi connectivity index (χ3n) is 6.44. The molecule has 1 aromatic heterocycles. The Bertz CT molecular complexity index is 1510. The van der Waals surface area contributed by atoms with E-state index in [1.54, 1.807) is 18.2 Å². The number of fused-ring (bicyclic) bond motifs is 2. The van der Waals surface area contributed by atoms with Crippen molar-refractivity contribution in [2.45, 2.75) is 20.3 Å². The van der Waals surface area contributed by atoms with Crippen LogP contribution in [0.2, 0.25) is 0 Å². The number of hydrogen-bond donors (Lipinski definition) is 1. The van der Waals surface area contributed by atoms with Gasteiger partial charge in [0, 0.05) is 33.8 Å². The van der Waals surface area contributed by atoms with Crippen LogP contribution in [0.25, 0.3) is 11.3 Å². The van der Waals surface area contributed by atoms with E-state index >= 15 is 0 Å². The number of ether oxygens (including phenoxy) is 2. The highest BCUT2D eigenvalue weighted by atomic mass is 32.1. The average Bonchev–Trinajstić information content (AvgIpc) is 3.61. The maximum Gasteiger partial charge on any atom is 0.258 e. The summed E-state index contributed by atoms with van der Waals surface area (Å²) < 4.78 is 10.7. The molecule has 2 amide bonds. The van der Waals surface area contributed by atoms with Crippen molar-refractivity contribution in [2.75, 3.05) is 23.6 Å². The van der Waals surface area contributed by atoms with Crippen molar-refractivity contribution in [3.8, 4) is 22.8 Å². The molecule has 4 aromatic rings. The number of aromatic nitrogens is 1. The number of benzene rings is 3. The number of anilines is 2. The van der Waals surface area contributed by atoms with Crippen LogP contribution in [0.1, 0.15) is 36.7 Å². The molecule has 0 unspecified atom stereocenters. The van der Waals surface area contributed by atoms with Crippen LogP contribution in [0, 0.1) is 13.8 Å². The Balaban J connectivity index is 1.21. The van der Waals surface area contributed by atoms with Crippen LogP contribution in [-0.4, -0.2) is 30.1 Å². The minimum absolute atomic E-state index is 0.0138. The van der Waals surface area contributed by atoms with Gasteiger partial charge < -0.3 is 14.4 Å². The van der Waals surface area contributed by atoms with Gasteiger partial charge in [-0.3, -0.25) is 14.9 Å². The lowest BCUT2D eigenvalue weighted by Gasteiger charge is -2.17. The zero-order valence-corrected chi connectivity index (χ0v) is 20.6. The maximum atomic E-state index is 13.1. The molecule has 0 saturated heterocycles. The lowest BCUT2D eigenvalue weighted by atomic mass is 10.1. The molecule has 1 N–H and O–H groups in total. The van der Waals surface area contributed by atoms with Crippen molar-refractivity contribution in [2.24, 2.45) is 0 Å². The Morgan fingerprint density at radius 2 is 1.72 bits per heavy atom. The van der Waals surface area contributed by atoms with Gasteiger partial charge in [0.2, 0.25) is 6.79 Å². The Labute approximate surface area is 212 Å². The molecule has 0 radical (unpaired) electrons. The van der Waals surface area contributed by atoms with Crippen molar-refractivity contribution in [3.63, 3.8) is 0 Å². The number of nitrogens with one attached hydrogen (secondary N) is 1. The first-order valence-corrected chi connectivity index (χ1v) is 12.5. The fourth-order valence-corrected chi connectivity index (χ4v) is 5.37. The number of aryl methyl sites for hydroxylation is 2. The van der Waals surface area contributed by atoms with Gasteiger partial charge in [-0.1, -0.05) is 23.8 Å². The van der Waals surface area contributed by atoms with Crippen molar-refractivity contribution >= 4 is 34.0 Å². The van der Waals surface area contributed by atoms with E-state index in [1.165, 1.54) is 11.3 Å². The van der Waals surface area contributed by atoms with Crippen LogP contribution in [0.3, 0.4) is 0 Å². The molecule has 8 heteroatoms. The summed E-state index contributed by atoms with van der Waals surface area (Å²) in [5.74, 6) is 0.953. The molecule has 0 aliphatic carbocycles. The lowest BCUT2D eigenvalue weighted by molar-refractivity contribution is 0.0987. The monoisotopic (exact) mass is 497 g/mol. The second kappa shape index (κ2) is 8.80. The van der Waals surface area contributed by atoms with Crippen LogP contribution in [0.15, 0.2) is 60.7 Å². The van der Waals surface area contributed by atoms with Gasteiger partial charge >= 0.3 is 0 Å². The number of carbonyl (C=O) groups is 2. The number of carbonyl (C=O) groups excluding carboxylic acids is 2. The van der Waals surface area contributed by atoms with E-state index in [1.807, 2.05) is 55.1 Å². The van der Waals surface area contributed by atoms with E-state index in [0.29, 0.717) is 34.3 Å². The summed E-state index contributed by atoms with van der Waals surface area (Å²) in [4.78, 5) is 33.4. The van der Waals surface area contributed by atoms with E-state index in [-0.39, 0.29) is 18.6 Å². The smallest absolute Gasteiger partial charge is 0.258 e. The molecule has 180 valence electrons. The molecule has 3 heterocycles. The highest BCUT2D eigenvalue weighted by molar-refractivity contribution is 7.16. The quantitative estimate of drug-likeness (QED) is 0.396. The Morgan fingerprint density at radius 1 is 0.944 bits per heavy atom. The highest BCUT2D eigenvalue weighted by Crippen LogP contribution is 2.37.